The van der Waals surface area contributed by atoms with E-state index in [4.69, 9.17) is 5.73 Å². The number of piperidine rings is 1. The van der Waals surface area contributed by atoms with Crippen LogP contribution in [-0.2, 0) is 0 Å². The molecular formula is C14H19N3O3. The van der Waals surface area contributed by atoms with Gasteiger partial charge in [-0.05, 0) is 32.3 Å². The minimum atomic E-state index is -0.482. The fourth-order valence-electron chi connectivity index (χ4n) is 2.74. The molecule has 0 saturated carbocycles. The van der Waals surface area contributed by atoms with Gasteiger partial charge in [-0.15, -0.1) is 0 Å². The lowest BCUT2D eigenvalue weighted by Crippen LogP contribution is -2.47. The summed E-state index contributed by atoms with van der Waals surface area (Å²) in [5, 5.41) is 11.2. The predicted molar refractivity (Wildman–Crippen MR) is 75.6 cm³/mol. The van der Waals surface area contributed by atoms with Crippen LogP contribution in [0.4, 0.5) is 5.69 Å². The van der Waals surface area contributed by atoms with Gasteiger partial charge in [-0.25, -0.2) is 0 Å². The molecule has 1 unspecified atom stereocenters. The summed E-state index contributed by atoms with van der Waals surface area (Å²) in [6.45, 7) is 2.66. The topological polar surface area (TPSA) is 89.5 Å². The summed E-state index contributed by atoms with van der Waals surface area (Å²) in [5.41, 5.74) is 6.28. The number of carbonyl (C=O) groups is 1. The average Bonchev–Trinajstić information content (AvgIpc) is 2.45. The highest BCUT2D eigenvalue weighted by atomic mass is 16.6. The summed E-state index contributed by atoms with van der Waals surface area (Å²) in [7, 11) is 0. The van der Waals surface area contributed by atoms with Crippen LogP contribution in [0.5, 0.6) is 0 Å². The van der Waals surface area contributed by atoms with Gasteiger partial charge >= 0.3 is 0 Å². The van der Waals surface area contributed by atoms with Gasteiger partial charge in [-0.3, -0.25) is 14.9 Å². The van der Waals surface area contributed by atoms with Crippen molar-refractivity contribution in [2.24, 2.45) is 5.73 Å². The smallest absolute Gasteiger partial charge is 0.285 e. The summed E-state index contributed by atoms with van der Waals surface area (Å²) in [4.78, 5) is 25.0. The van der Waals surface area contributed by atoms with Crippen LogP contribution >= 0.6 is 0 Å². The van der Waals surface area contributed by atoms with Crippen LogP contribution in [-0.4, -0.2) is 34.9 Å². The summed E-state index contributed by atoms with van der Waals surface area (Å²) < 4.78 is 0. The Hall–Kier alpha value is -1.95. The van der Waals surface area contributed by atoms with Gasteiger partial charge in [-0.1, -0.05) is 12.1 Å². The van der Waals surface area contributed by atoms with E-state index in [1.165, 1.54) is 6.07 Å². The Bertz CT molecular complexity index is 530. The minimum absolute atomic E-state index is 0.0173. The first-order valence-electron chi connectivity index (χ1n) is 6.81. The second-order valence-corrected chi connectivity index (χ2v) is 5.11. The Kier molecular flexibility index (Phi) is 4.34. The third-order valence-corrected chi connectivity index (χ3v) is 3.81. The maximum absolute atomic E-state index is 12.6. The molecule has 2 N–H and O–H groups in total. The molecule has 0 radical (unpaired) electrons. The molecule has 1 aromatic rings. The number of hydrogen-bond acceptors (Lipinski definition) is 4. The summed E-state index contributed by atoms with van der Waals surface area (Å²) in [5.74, 6) is -0.282. The van der Waals surface area contributed by atoms with Crippen molar-refractivity contribution < 1.29 is 9.72 Å². The van der Waals surface area contributed by atoms with Gasteiger partial charge in [0.2, 0.25) is 0 Å². The molecule has 0 aliphatic carbocycles. The van der Waals surface area contributed by atoms with E-state index >= 15 is 0 Å². The molecule has 1 fully saturated rings. The number of nitrogens with two attached hydrogens (primary N) is 1. The quantitative estimate of drug-likeness (QED) is 0.674. The van der Waals surface area contributed by atoms with Gasteiger partial charge in [0.05, 0.1) is 4.92 Å². The van der Waals surface area contributed by atoms with Gasteiger partial charge in [0, 0.05) is 24.7 Å². The molecule has 108 valence electrons. The largest absolute Gasteiger partial charge is 0.334 e. The molecule has 1 saturated heterocycles. The molecule has 0 bridgehead atoms. The highest BCUT2D eigenvalue weighted by molar-refractivity contribution is 5.98. The van der Waals surface area contributed by atoms with E-state index in [1.807, 2.05) is 0 Å². The first-order valence-corrected chi connectivity index (χ1v) is 6.81. The van der Waals surface area contributed by atoms with Crippen molar-refractivity contribution in [1.29, 1.82) is 0 Å². The van der Waals surface area contributed by atoms with Crippen LogP contribution in [0.1, 0.15) is 35.2 Å². The Balaban J connectivity index is 2.38. The lowest BCUT2D eigenvalue weighted by molar-refractivity contribution is -0.385. The number of likely N-dealkylation sites (tertiary alicyclic amines) is 1. The molecule has 1 atom stereocenters. The number of hydrogen-bond donors (Lipinski definition) is 1. The minimum Gasteiger partial charge on any atom is -0.334 e. The van der Waals surface area contributed by atoms with Gasteiger partial charge in [-0.2, -0.15) is 0 Å². The van der Waals surface area contributed by atoms with Crippen LogP contribution in [0.15, 0.2) is 18.2 Å². The van der Waals surface area contributed by atoms with E-state index in [1.54, 1.807) is 24.0 Å². The third kappa shape index (κ3) is 2.65. The van der Waals surface area contributed by atoms with E-state index in [0.29, 0.717) is 18.7 Å². The average molecular weight is 277 g/mol. The number of benzene rings is 1. The van der Waals surface area contributed by atoms with Crippen molar-refractivity contribution in [2.75, 3.05) is 13.1 Å². The standard InChI is InChI=1S/C14H19N3O3/c1-10-5-4-7-12(13(10)17(19)20)14(18)16-8-3-2-6-11(16)9-15/h4-5,7,11H,2-3,6,8-9,15H2,1H3. The zero-order chi connectivity index (χ0) is 14.7. The SMILES string of the molecule is Cc1cccc(C(=O)N2CCCCC2CN)c1[N+](=O)[O-]. The van der Waals surface area contributed by atoms with E-state index in [2.05, 4.69) is 0 Å². The van der Waals surface area contributed by atoms with Crippen molar-refractivity contribution in [2.45, 2.75) is 32.2 Å². The van der Waals surface area contributed by atoms with Crippen molar-refractivity contribution in [3.63, 3.8) is 0 Å². The van der Waals surface area contributed by atoms with Crippen LogP contribution in [0, 0.1) is 17.0 Å². The van der Waals surface area contributed by atoms with Crippen molar-refractivity contribution in [1.82, 2.24) is 4.90 Å². The molecule has 0 aromatic heterocycles. The molecule has 1 amide bonds. The summed E-state index contributed by atoms with van der Waals surface area (Å²) in [6.07, 6.45) is 2.82. The van der Waals surface area contributed by atoms with Gasteiger partial charge < -0.3 is 10.6 Å². The maximum Gasteiger partial charge on any atom is 0.285 e. The molecule has 6 heteroatoms. The van der Waals surface area contributed by atoms with Gasteiger partial charge in [0.15, 0.2) is 0 Å². The Morgan fingerprint density at radius 3 is 2.90 bits per heavy atom. The Labute approximate surface area is 117 Å². The fraction of sp³-hybridized carbons (Fsp3) is 0.500. The number of nitro benzene ring substituents is 1. The third-order valence-electron chi connectivity index (χ3n) is 3.81. The molecular weight excluding hydrogens is 258 g/mol. The number of aryl methyl sites for hydroxylation is 1. The highest BCUT2D eigenvalue weighted by Gasteiger charge is 2.31. The van der Waals surface area contributed by atoms with Crippen LogP contribution in [0.3, 0.4) is 0 Å². The van der Waals surface area contributed by atoms with E-state index in [-0.39, 0.29) is 23.2 Å². The monoisotopic (exact) mass is 277 g/mol. The number of rotatable bonds is 3. The number of carbonyl (C=O) groups excluding carboxylic acids is 1. The lowest BCUT2D eigenvalue weighted by Gasteiger charge is -2.35. The maximum atomic E-state index is 12.6. The fourth-order valence-corrected chi connectivity index (χ4v) is 2.74. The van der Waals surface area contributed by atoms with Crippen LogP contribution in [0.25, 0.3) is 0 Å². The normalized spacial score (nSPS) is 18.9. The van der Waals surface area contributed by atoms with Gasteiger partial charge in [0.25, 0.3) is 11.6 Å². The molecule has 2 rings (SSSR count). The van der Waals surface area contributed by atoms with E-state index in [9.17, 15) is 14.9 Å². The highest BCUT2D eigenvalue weighted by Crippen LogP contribution is 2.27. The number of nitrogens with zero attached hydrogens (tertiary/aromatic N) is 2. The second-order valence-electron chi connectivity index (χ2n) is 5.11. The molecule has 1 aliphatic rings. The summed E-state index contributed by atoms with van der Waals surface area (Å²) >= 11 is 0. The molecule has 6 nitrogen and oxygen atoms in total. The Morgan fingerprint density at radius 1 is 1.50 bits per heavy atom. The molecule has 1 aromatic carbocycles. The van der Waals surface area contributed by atoms with Crippen LogP contribution < -0.4 is 5.73 Å². The predicted octanol–water partition coefficient (Wildman–Crippen LogP) is 1.86. The van der Waals surface area contributed by atoms with Crippen LogP contribution in [0.2, 0.25) is 0 Å². The van der Waals surface area contributed by atoms with E-state index < -0.39 is 4.92 Å². The van der Waals surface area contributed by atoms with Crippen molar-refractivity contribution in [3.8, 4) is 0 Å². The Morgan fingerprint density at radius 2 is 2.25 bits per heavy atom. The van der Waals surface area contributed by atoms with Gasteiger partial charge in [0.1, 0.15) is 5.56 Å². The number of nitro groups is 1. The zero-order valence-electron chi connectivity index (χ0n) is 11.5. The lowest BCUT2D eigenvalue weighted by atomic mass is 9.99. The molecule has 1 heterocycles. The van der Waals surface area contributed by atoms with E-state index in [0.717, 1.165) is 19.3 Å². The molecule has 1 aliphatic heterocycles. The zero-order valence-corrected chi connectivity index (χ0v) is 11.5. The number of amides is 1. The number of para-hydroxylation sites is 1. The first-order chi connectivity index (χ1) is 9.56. The van der Waals surface area contributed by atoms with Crippen molar-refractivity contribution >= 4 is 11.6 Å². The van der Waals surface area contributed by atoms with Crippen molar-refractivity contribution in [3.05, 3.63) is 39.4 Å². The summed E-state index contributed by atoms with van der Waals surface area (Å²) in [6, 6.07) is 4.83. The molecule has 20 heavy (non-hydrogen) atoms. The molecule has 0 spiro atoms. The second kappa shape index (κ2) is 6.00. The first kappa shape index (κ1) is 14.5.